The molecule has 0 saturated heterocycles. The zero-order chi connectivity index (χ0) is 7.98. The van der Waals surface area contributed by atoms with E-state index in [2.05, 4.69) is 17.9 Å². The third-order valence-electron chi connectivity index (χ3n) is 0.938. The molecule has 0 aliphatic carbocycles. The lowest BCUT2D eigenvalue weighted by Crippen LogP contribution is -2.01. The SMILES string of the molecule is C=C/C=C(/C=C)C(=O)OC. The fourth-order valence-corrected chi connectivity index (χ4v) is 0.464. The Kier molecular flexibility index (Phi) is 3.96. The summed E-state index contributed by atoms with van der Waals surface area (Å²) in [7, 11) is 1.32. The van der Waals surface area contributed by atoms with E-state index in [0.29, 0.717) is 5.57 Å². The van der Waals surface area contributed by atoms with Crippen molar-refractivity contribution in [3.8, 4) is 0 Å². The minimum atomic E-state index is -0.394. The summed E-state index contributed by atoms with van der Waals surface area (Å²) < 4.78 is 4.43. The largest absolute Gasteiger partial charge is 0.465 e. The lowest BCUT2D eigenvalue weighted by atomic mass is 10.2. The second-order valence-corrected chi connectivity index (χ2v) is 1.55. The second kappa shape index (κ2) is 4.56. The molecule has 0 aliphatic heterocycles. The van der Waals surface area contributed by atoms with Crippen LogP contribution in [0.1, 0.15) is 0 Å². The van der Waals surface area contributed by atoms with E-state index in [9.17, 15) is 4.79 Å². The topological polar surface area (TPSA) is 26.3 Å². The van der Waals surface area contributed by atoms with Crippen molar-refractivity contribution in [3.05, 3.63) is 37.0 Å². The van der Waals surface area contributed by atoms with Gasteiger partial charge in [0.1, 0.15) is 0 Å². The molecule has 0 saturated carbocycles. The summed E-state index contributed by atoms with van der Waals surface area (Å²) in [6.07, 6.45) is 4.47. The molecule has 0 unspecified atom stereocenters. The van der Waals surface area contributed by atoms with Crippen LogP contribution >= 0.6 is 0 Å². The van der Waals surface area contributed by atoms with Crippen LogP contribution in [0.2, 0.25) is 0 Å². The summed E-state index contributed by atoms with van der Waals surface area (Å²) in [5.41, 5.74) is 0.414. The number of rotatable bonds is 3. The molecule has 10 heavy (non-hydrogen) atoms. The highest BCUT2D eigenvalue weighted by Crippen LogP contribution is 1.97. The fraction of sp³-hybridized carbons (Fsp3) is 0.125. The van der Waals surface area contributed by atoms with Gasteiger partial charge < -0.3 is 4.74 Å². The zero-order valence-electron chi connectivity index (χ0n) is 5.96. The molecule has 0 heterocycles. The Bertz CT molecular complexity index is 178. The Labute approximate surface area is 60.5 Å². The molecule has 0 radical (unpaired) electrons. The molecule has 2 heteroatoms. The Balaban J connectivity index is 4.34. The monoisotopic (exact) mass is 138 g/mol. The highest BCUT2D eigenvalue weighted by atomic mass is 16.5. The van der Waals surface area contributed by atoms with Crippen LogP contribution in [0.4, 0.5) is 0 Å². The van der Waals surface area contributed by atoms with Crippen LogP contribution in [0, 0.1) is 0 Å². The predicted molar refractivity (Wildman–Crippen MR) is 40.5 cm³/mol. The van der Waals surface area contributed by atoms with Gasteiger partial charge in [-0.1, -0.05) is 25.3 Å². The normalized spacial score (nSPS) is 10.3. The van der Waals surface area contributed by atoms with Gasteiger partial charge in [0, 0.05) is 0 Å². The Morgan fingerprint density at radius 3 is 2.40 bits per heavy atom. The number of carbonyl (C=O) groups excluding carboxylic acids is 1. The van der Waals surface area contributed by atoms with Crippen LogP contribution in [0.3, 0.4) is 0 Å². The van der Waals surface area contributed by atoms with Crippen LogP contribution in [0.25, 0.3) is 0 Å². The van der Waals surface area contributed by atoms with Gasteiger partial charge in [-0.05, 0) is 6.08 Å². The van der Waals surface area contributed by atoms with Gasteiger partial charge in [-0.2, -0.15) is 0 Å². The molecule has 0 bridgehead atoms. The molecular weight excluding hydrogens is 128 g/mol. The maximum absolute atomic E-state index is 10.7. The molecule has 0 N–H and O–H groups in total. The van der Waals surface area contributed by atoms with E-state index in [1.54, 1.807) is 6.08 Å². The van der Waals surface area contributed by atoms with Crippen molar-refractivity contribution in [2.24, 2.45) is 0 Å². The third kappa shape index (κ3) is 2.31. The van der Waals surface area contributed by atoms with E-state index >= 15 is 0 Å². The highest BCUT2D eigenvalue weighted by Gasteiger charge is 2.01. The van der Waals surface area contributed by atoms with Gasteiger partial charge in [0.15, 0.2) is 0 Å². The molecule has 0 spiro atoms. The molecular formula is C8H10O2. The second-order valence-electron chi connectivity index (χ2n) is 1.55. The summed E-state index contributed by atoms with van der Waals surface area (Å²) in [5, 5.41) is 0. The van der Waals surface area contributed by atoms with Crippen LogP contribution < -0.4 is 0 Å². The van der Waals surface area contributed by atoms with Gasteiger partial charge in [-0.25, -0.2) is 4.79 Å². The third-order valence-corrected chi connectivity index (χ3v) is 0.938. The average molecular weight is 138 g/mol. The number of carbonyl (C=O) groups is 1. The number of hydrogen-bond donors (Lipinski definition) is 0. The quantitative estimate of drug-likeness (QED) is 0.335. The van der Waals surface area contributed by atoms with Crippen molar-refractivity contribution < 1.29 is 9.53 Å². The number of hydrogen-bond acceptors (Lipinski definition) is 2. The smallest absolute Gasteiger partial charge is 0.337 e. The lowest BCUT2D eigenvalue weighted by Gasteiger charge is -1.95. The number of esters is 1. The molecule has 0 aromatic carbocycles. The van der Waals surface area contributed by atoms with Crippen molar-refractivity contribution in [1.29, 1.82) is 0 Å². The number of ether oxygens (including phenoxy) is 1. The molecule has 0 atom stereocenters. The minimum Gasteiger partial charge on any atom is -0.465 e. The summed E-state index contributed by atoms with van der Waals surface area (Å²) in [6.45, 7) is 6.86. The first-order valence-electron chi connectivity index (χ1n) is 2.79. The first-order valence-corrected chi connectivity index (χ1v) is 2.79. The van der Waals surface area contributed by atoms with E-state index in [1.807, 2.05) is 0 Å². The van der Waals surface area contributed by atoms with E-state index in [4.69, 9.17) is 0 Å². The fourth-order valence-electron chi connectivity index (χ4n) is 0.464. The van der Waals surface area contributed by atoms with E-state index in [1.165, 1.54) is 19.3 Å². The van der Waals surface area contributed by atoms with Crippen LogP contribution in [-0.4, -0.2) is 13.1 Å². The van der Waals surface area contributed by atoms with Gasteiger partial charge in [0.05, 0.1) is 12.7 Å². The summed E-state index contributed by atoms with van der Waals surface area (Å²) in [6, 6.07) is 0. The predicted octanol–water partition coefficient (Wildman–Crippen LogP) is 1.46. The standard InChI is InChI=1S/C8H10O2/c1-4-6-7(5-2)8(9)10-3/h4-6H,1-2H2,3H3/b7-6-. The van der Waals surface area contributed by atoms with E-state index < -0.39 is 5.97 Å². The van der Waals surface area contributed by atoms with Crippen molar-refractivity contribution in [2.75, 3.05) is 7.11 Å². The summed E-state index contributed by atoms with van der Waals surface area (Å²) >= 11 is 0. The molecule has 54 valence electrons. The first-order chi connectivity index (χ1) is 4.76. The molecule has 2 nitrogen and oxygen atoms in total. The van der Waals surface area contributed by atoms with E-state index in [0.717, 1.165) is 0 Å². The highest BCUT2D eigenvalue weighted by molar-refractivity contribution is 5.91. The molecule has 0 aromatic heterocycles. The number of allylic oxidation sites excluding steroid dienone is 2. The Hall–Kier alpha value is -1.31. The zero-order valence-corrected chi connectivity index (χ0v) is 5.96. The average Bonchev–Trinajstić information content (AvgIpc) is 1.99. The van der Waals surface area contributed by atoms with Gasteiger partial charge in [0.2, 0.25) is 0 Å². The van der Waals surface area contributed by atoms with Crippen molar-refractivity contribution >= 4 is 5.97 Å². The molecule has 0 rings (SSSR count). The molecule has 0 fully saturated rings. The minimum absolute atomic E-state index is 0.394. The van der Waals surface area contributed by atoms with Crippen molar-refractivity contribution in [1.82, 2.24) is 0 Å². The maximum Gasteiger partial charge on any atom is 0.337 e. The summed E-state index contributed by atoms with van der Waals surface area (Å²) in [5.74, 6) is -0.394. The van der Waals surface area contributed by atoms with Crippen LogP contribution in [0.5, 0.6) is 0 Å². The molecule has 0 aliphatic rings. The Morgan fingerprint density at radius 2 is 2.10 bits per heavy atom. The van der Waals surface area contributed by atoms with Gasteiger partial charge >= 0.3 is 5.97 Å². The van der Waals surface area contributed by atoms with E-state index in [-0.39, 0.29) is 0 Å². The van der Waals surface area contributed by atoms with Crippen molar-refractivity contribution in [2.45, 2.75) is 0 Å². The number of methoxy groups -OCH3 is 1. The summed E-state index contributed by atoms with van der Waals surface area (Å²) in [4.78, 5) is 10.7. The first kappa shape index (κ1) is 8.69. The van der Waals surface area contributed by atoms with Gasteiger partial charge in [-0.3, -0.25) is 0 Å². The molecule has 0 aromatic rings. The maximum atomic E-state index is 10.7. The lowest BCUT2D eigenvalue weighted by molar-refractivity contribution is -0.135. The van der Waals surface area contributed by atoms with Crippen LogP contribution in [-0.2, 0) is 9.53 Å². The van der Waals surface area contributed by atoms with Gasteiger partial charge in [-0.15, -0.1) is 0 Å². The molecule has 0 amide bonds. The Morgan fingerprint density at radius 1 is 1.50 bits per heavy atom. The van der Waals surface area contributed by atoms with Gasteiger partial charge in [0.25, 0.3) is 0 Å². The van der Waals surface area contributed by atoms with Crippen molar-refractivity contribution in [3.63, 3.8) is 0 Å². The van der Waals surface area contributed by atoms with Crippen LogP contribution in [0.15, 0.2) is 37.0 Å².